The predicted octanol–water partition coefficient (Wildman–Crippen LogP) is 2.24. The number of carbonyl (C=O) groups excluding carboxylic acids is 1. The topological polar surface area (TPSA) is 89.4 Å². The summed E-state index contributed by atoms with van der Waals surface area (Å²) in [5.74, 6) is -0.539. The molecule has 0 atom stereocenters. The van der Waals surface area contributed by atoms with Crippen LogP contribution in [0.25, 0.3) is 16.6 Å². The number of aryl methyl sites for hydroxylation is 1. The largest absolute Gasteiger partial charge is 0.457 e. The minimum Gasteiger partial charge on any atom is -0.457 e. The van der Waals surface area contributed by atoms with Crippen molar-refractivity contribution >= 4 is 22.5 Å². The number of fused-ring (bicyclic) bond motifs is 2. The summed E-state index contributed by atoms with van der Waals surface area (Å²) < 4.78 is 6.73. The molecular weight excluding hydrogens is 320 g/mol. The van der Waals surface area contributed by atoms with E-state index in [0.717, 1.165) is 22.2 Å². The summed E-state index contributed by atoms with van der Waals surface area (Å²) in [5, 5.41) is 7.13. The first-order chi connectivity index (χ1) is 12.1. The number of aromatic amines is 1. The number of aromatic nitrogens is 4. The van der Waals surface area contributed by atoms with E-state index in [9.17, 15) is 9.59 Å². The average Bonchev–Trinajstić information content (AvgIpc) is 3.00. The smallest absolute Gasteiger partial charge is 0.347 e. The molecule has 0 aliphatic carbocycles. The minimum absolute atomic E-state index is 0.110. The first-order valence-electron chi connectivity index (χ1n) is 7.71. The van der Waals surface area contributed by atoms with Gasteiger partial charge in [-0.1, -0.05) is 18.2 Å². The highest BCUT2D eigenvalue weighted by atomic mass is 16.5. The van der Waals surface area contributed by atoms with Gasteiger partial charge in [0.05, 0.1) is 5.52 Å². The van der Waals surface area contributed by atoms with Crippen LogP contribution in [-0.4, -0.2) is 25.6 Å². The molecule has 0 aliphatic heterocycles. The van der Waals surface area contributed by atoms with Crippen LogP contribution in [0.3, 0.4) is 0 Å². The number of para-hydroxylation sites is 1. The molecule has 0 saturated heterocycles. The molecule has 3 aromatic heterocycles. The van der Waals surface area contributed by atoms with Crippen molar-refractivity contribution < 1.29 is 9.53 Å². The van der Waals surface area contributed by atoms with Crippen LogP contribution in [0.2, 0.25) is 0 Å². The van der Waals surface area contributed by atoms with Crippen LogP contribution in [0.1, 0.15) is 21.6 Å². The Balaban J connectivity index is 1.65. The normalized spacial score (nSPS) is 11.1. The highest BCUT2D eigenvalue weighted by molar-refractivity contribution is 5.95. The number of nitrogens with one attached hydrogen (secondary N) is 1. The van der Waals surface area contributed by atoms with Gasteiger partial charge < -0.3 is 4.74 Å². The third-order valence-electron chi connectivity index (χ3n) is 3.95. The maximum atomic E-state index is 12.5. The molecule has 7 nitrogen and oxygen atoms in total. The van der Waals surface area contributed by atoms with Crippen LogP contribution in [0.4, 0.5) is 0 Å². The van der Waals surface area contributed by atoms with Gasteiger partial charge in [0.15, 0.2) is 5.65 Å². The van der Waals surface area contributed by atoms with Crippen LogP contribution in [-0.2, 0) is 11.3 Å². The Hall–Kier alpha value is -3.48. The molecule has 4 aromatic rings. The number of nitrogens with zero attached hydrogens (tertiary/aromatic N) is 3. The molecule has 124 valence electrons. The number of hydrogen-bond donors (Lipinski definition) is 1. The zero-order valence-corrected chi connectivity index (χ0v) is 13.4. The van der Waals surface area contributed by atoms with Crippen molar-refractivity contribution in [3.05, 3.63) is 76.0 Å². The standard InChI is InChI=1S/C18H14N4O3/c1-11-9-12(13-5-2-3-7-15(13)19-11)10-25-17(23)14-6-4-8-22-16(14)20-21-18(22)24/h2-9H,10H2,1H3,(H,21,24). The average molecular weight is 334 g/mol. The van der Waals surface area contributed by atoms with Crippen molar-refractivity contribution in [2.45, 2.75) is 13.5 Å². The Bertz CT molecular complexity index is 1160. The summed E-state index contributed by atoms with van der Waals surface area (Å²) in [4.78, 5) is 28.5. The second-order valence-electron chi connectivity index (χ2n) is 5.66. The zero-order chi connectivity index (χ0) is 17.4. The number of H-pyrrole nitrogens is 1. The number of ether oxygens (including phenoxy) is 1. The molecule has 3 heterocycles. The highest BCUT2D eigenvalue weighted by Gasteiger charge is 2.15. The van der Waals surface area contributed by atoms with Gasteiger partial charge in [-0.2, -0.15) is 5.10 Å². The van der Waals surface area contributed by atoms with Crippen molar-refractivity contribution in [3.8, 4) is 0 Å². The fourth-order valence-corrected chi connectivity index (χ4v) is 2.83. The molecule has 1 aromatic carbocycles. The van der Waals surface area contributed by atoms with Gasteiger partial charge in [-0.3, -0.25) is 4.98 Å². The molecule has 0 saturated carbocycles. The summed E-state index contributed by atoms with van der Waals surface area (Å²) in [6.45, 7) is 2.01. The molecule has 0 fully saturated rings. The maximum Gasteiger partial charge on any atom is 0.347 e. The van der Waals surface area contributed by atoms with Crippen LogP contribution in [0.15, 0.2) is 53.5 Å². The molecule has 0 unspecified atom stereocenters. The van der Waals surface area contributed by atoms with E-state index in [4.69, 9.17) is 4.74 Å². The molecule has 25 heavy (non-hydrogen) atoms. The molecule has 0 radical (unpaired) electrons. The number of pyridine rings is 2. The molecule has 0 spiro atoms. The third kappa shape index (κ3) is 2.65. The van der Waals surface area contributed by atoms with E-state index in [1.165, 1.54) is 10.6 Å². The van der Waals surface area contributed by atoms with Gasteiger partial charge in [0.2, 0.25) is 0 Å². The van der Waals surface area contributed by atoms with Gasteiger partial charge in [0, 0.05) is 22.8 Å². The first kappa shape index (κ1) is 15.1. The van der Waals surface area contributed by atoms with Crippen LogP contribution < -0.4 is 5.69 Å². The van der Waals surface area contributed by atoms with Gasteiger partial charge >= 0.3 is 11.7 Å². The lowest BCUT2D eigenvalue weighted by Crippen LogP contribution is -2.12. The van der Waals surface area contributed by atoms with E-state index < -0.39 is 11.7 Å². The lowest BCUT2D eigenvalue weighted by atomic mass is 10.1. The molecular formula is C18H14N4O3. The van der Waals surface area contributed by atoms with E-state index in [2.05, 4.69) is 15.2 Å². The van der Waals surface area contributed by atoms with Crippen molar-refractivity contribution in [3.63, 3.8) is 0 Å². The van der Waals surface area contributed by atoms with Gasteiger partial charge in [-0.05, 0) is 31.2 Å². The fraction of sp³-hybridized carbons (Fsp3) is 0.111. The Kier molecular flexibility index (Phi) is 3.53. The number of carbonyl (C=O) groups is 1. The molecule has 7 heteroatoms. The highest BCUT2D eigenvalue weighted by Crippen LogP contribution is 2.19. The van der Waals surface area contributed by atoms with Crippen molar-refractivity contribution in [2.24, 2.45) is 0 Å². The van der Waals surface area contributed by atoms with Crippen molar-refractivity contribution in [2.75, 3.05) is 0 Å². The quantitative estimate of drug-likeness (QED) is 0.580. The SMILES string of the molecule is Cc1cc(COC(=O)c2cccn3c(=O)[nH]nc23)c2ccccc2n1. The second-order valence-corrected chi connectivity index (χ2v) is 5.66. The number of hydrogen-bond acceptors (Lipinski definition) is 5. The van der Waals surface area contributed by atoms with E-state index in [-0.39, 0.29) is 17.8 Å². The minimum atomic E-state index is -0.539. The number of benzene rings is 1. The molecule has 0 bridgehead atoms. The lowest BCUT2D eigenvalue weighted by molar-refractivity contribution is 0.0476. The van der Waals surface area contributed by atoms with Gasteiger partial charge in [-0.25, -0.2) is 19.1 Å². The molecule has 0 aliphatic rings. The molecule has 4 rings (SSSR count). The zero-order valence-electron chi connectivity index (χ0n) is 13.4. The Morgan fingerprint density at radius 2 is 2.08 bits per heavy atom. The van der Waals surface area contributed by atoms with Crippen LogP contribution in [0, 0.1) is 6.92 Å². The van der Waals surface area contributed by atoms with E-state index in [1.54, 1.807) is 12.1 Å². The number of esters is 1. The van der Waals surface area contributed by atoms with E-state index >= 15 is 0 Å². The number of rotatable bonds is 3. The monoisotopic (exact) mass is 334 g/mol. The fourth-order valence-electron chi connectivity index (χ4n) is 2.83. The van der Waals surface area contributed by atoms with E-state index in [0.29, 0.717) is 0 Å². The Morgan fingerprint density at radius 3 is 2.96 bits per heavy atom. The summed E-state index contributed by atoms with van der Waals surface area (Å²) in [7, 11) is 0. The maximum absolute atomic E-state index is 12.5. The van der Waals surface area contributed by atoms with Crippen LogP contribution >= 0.6 is 0 Å². The summed E-state index contributed by atoms with van der Waals surface area (Å²) in [6.07, 6.45) is 1.54. The molecule has 0 amide bonds. The third-order valence-corrected chi connectivity index (χ3v) is 3.95. The van der Waals surface area contributed by atoms with Crippen molar-refractivity contribution in [1.82, 2.24) is 19.6 Å². The second kappa shape index (κ2) is 5.86. The first-order valence-corrected chi connectivity index (χ1v) is 7.71. The molecule has 1 N–H and O–H groups in total. The lowest BCUT2D eigenvalue weighted by Gasteiger charge is -2.09. The van der Waals surface area contributed by atoms with Crippen LogP contribution in [0.5, 0.6) is 0 Å². The Labute approximate surface area is 141 Å². The predicted molar refractivity (Wildman–Crippen MR) is 91.4 cm³/mol. The van der Waals surface area contributed by atoms with Gasteiger partial charge in [0.25, 0.3) is 0 Å². The van der Waals surface area contributed by atoms with Crippen molar-refractivity contribution in [1.29, 1.82) is 0 Å². The van der Waals surface area contributed by atoms with Gasteiger partial charge in [0.1, 0.15) is 12.2 Å². The summed E-state index contributed by atoms with van der Waals surface area (Å²) in [6, 6.07) is 12.8. The summed E-state index contributed by atoms with van der Waals surface area (Å²) in [5.41, 5.74) is 2.66. The summed E-state index contributed by atoms with van der Waals surface area (Å²) >= 11 is 0. The van der Waals surface area contributed by atoms with E-state index in [1.807, 2.05) is 37.3 Å². The Morgan fingerprint density at radius 1 is 1.24 bits per heavy atom. The van der Waals surface area contributed by atoms with Gasteiger partial charge in [-0.15, -0.1) is 0 Å².